The predicted molar refractivity (Wildman–Crippen MR) is 116 cm³/mol. The molecule has 1 aliphatic rings. The highest BCUT2D eigenvalue weighted by molar-refractivity contribution is 5.84. The number of nitrogen functional groups attached to an aromatic ring is 1. The number of nitrogens with two attached hydrogens (primary N) is 1. The Morgan fingerprint density at radius 1 is 1.11 bits per heavy atom. The Hall–Kier alpha value is -3.01. The second kappa shape index (κ2) is 7.70. The van der Waals surface area contributed by atoms with Crippen molar-refractivity contribution in [1.29, 1.82) is 0 Å². The van der Waals surface area contributed by atoms with Crippen molar-refractivity contribution in [2.45, 2.75) is 26.2 Å². The number of nitrogens with zero attached hydrogens (tertiary/aromatic N) is 2. The molecule has 0 aromatic heterocycles. The molecule has 2 aromatic carbocycles. The first-order chi connectivity index (χ1) is 12.9. The van der Waals surface area contributed by atoms with Crippen LogP contribution < -0.4 is 15.4 Å². The molecule has 27 heavy (non-hydrogen) atoms. The molecule has 140 valence electrons. The Balaban J connectivity index is 2.08. The van der Waals surface area contributed by atoms with Gasteiger partial charge < -0.3 is 15.4 Å². The van der Waals surface area contributed by atoms with Crippen LogP contribution in [0.25, 0.3) is 12.2 Å². The van der Waals surface area contributed by atoms with Gasteiger partial charge in [-0.25, -0.2) is 4.99 Å². The number of benzene rings is 2. The van der Waals surface area contributed by atoms with Crippen LogP contribution in [0.15, 0.2) is 53.7 Å². The molecule has 4 nitrogen and oxygen atoms in total. The van der Waals surface area contributed by atoms with Gasteiger partial charge >= 0.3 is 0 Å². The zero-order chi connectivity index (χ0) is 19.4. The first kappa shape index (κ1) is 18.8. The summed E-state index contributed by atoms with van der Waals surface area (Å²) in [6, 6.07) is 12.2. The van der Waals surface area contributed by atoms with Crippen molar-refractivity contribution in [3.05, 3.63) is 65.4 Å². The van der Waals surface area contributed by atoms with E-state index in [2.05, 4.69) is 54.9 Å². The van der Waals surface area contributed by atoms with Crippen LogP contribution in [-0.2, 0) is 5.41 Å². The number of hydrogen-bond acceptors (Lipinski definition) is 4. The van der Waals surface area contributed by atoms with Crippen LogP contribution >= 0.6 is 0 Å². The molecule has 0 saturated heterocycles. The molecule has 0 saturated carbocycles. The molecule has 0 spiro atoms. The molecule has 0 fully saturated rings. The Morgan fingerprint density at radius 3 is 2.44 bits per heavy atom. The summed E-state index contributed by atoms with van der Waals surface area (Å²) >= 11 is 0. The number of anilines is 2. The molecule has 0 aliphatic carbocycles. The fraction of sp³-hybridized carbons (Fsp3) is 0.261. The maximum absolute atomic E-state index is 5.82. The van der Waals surface area contributed by atoms with Crippen LogP contribution in [0.4, 0.5) is 11.4 Å². The van der Waals surface area contributed by atoms with Crippen LogP contribution in [-0.4, -0.2) is 20.0 Å². The molecule has 0 bridgehead atoms. The molecule has 2 aromatic rings. The highest BCUT2D eigenvalue weighted by Crippen LogP contribution is 2.38. The number of hydrogen-bond donors (Lipinski definition) is 1. The topological polar surface area (TPSA) is 50.9 Å². The minimum atomic E-state index is -0.0477. The first-order valence-corrected chi connectivity index (χ1v) is 9.09. The maximum Gasteiger partial charge on any atom is 0.129 e. The van der Waals surface area contributed by atoms with Crippen molar-refractivity contribution in [2.75, 3.05) is 24.3 Å². The molecule has 2 N–H and O–H groups in total. The summed E-state index contributed by atoms with van der Waals surface area (Å²) < 4.78 is 5.82. The molecule has 1 aliphatic heterocycles. The SMILES string of the molecule is COc1c(C=Cc2ccc(N)cc2)cc(N2C=NC=CC2)cc1C(C)(C)C. The molecular formula is C23H27N3O. The van der Waals surface area contributed by atoms with Crippen LogP contribution in [0.5, 0.6) is 5.75 Å². The van der Waals surface area contributed by atoms with Crippen LogP contribution in [0.3, 0.4) is 0 Å². The monoisotopic (exact) mass is 361 g/mol. The fourth-order valence-corrected chi connectivity index (χ4v) is 3.06. The Bertz CT molecular complexity index is 887. The van der Waals surface area contributed by atoms with Gasteiger partial charge in [-0.3, -0.25) is 0 Å². The fourth-order valence-electron chi connectivity index (χ4n) is 3.06. The molecule has 0 amide bonds. The molecular weight excluding hydrogens is 334 g/mol. The zero-order valence-corrected chi connectivity index (χ0v) is 16.4. The van der Waals surface area contributed by atoms with E-state index in [9.17, 15) is 0 Å². The van der Waals surface area contributed by atoms with Crippen LogP contribution in [0.1, 0.15) is 37.5 Å². The van der Waals surface area contributed by atoms with E-state index in [0.717, 1.165) is 34.8 Å². The van der Waals surface area contributed by atoms with E-state index >= 15 is 0 Å². The average Bonchev–Trinajstić information content (AvgIpc) is 2.66. The lowest BCUT2D eigenvalue weighted by Gasteiger charge is -2.27. The molecule has 0 atom stereocenters. The van der Waals surface area contributed by atoms with Crippen molar-refractivity contribution in [1.82, 2.24) is 0 Å². The third-order valence-electron chi connectivity index (χ3n) is 4.54. The second-order valence-electron chi connectivity index (χ2n) is 7.67. The number of methoxy groups -OCH3 is 1. The van der Waals surface area contributed by atoms with Crippen molar-refractivity contribution >= 4 is 29.9 Å². The standard InChI is InChI=1S/C23H27N3O/c1-23(2,3)21-15-20(26-13-5-12-25-16-26)14-18(22(21)27-4)9-6-17-7-10-19(24)11-8-17/h5-12,14-16H,13,24H2,1-4H3. The van der Waals surface area contributed by atoms with E-state index in [-0.39, 0.29) is 5.41 Å². The number of ether oxygens (including phenoxy) is 1. The minimum absolute atomic E-state index is 0.0477. The quantitative estimate of drug-likeness (QED) is 0.608. The highest BCUT2D eigenvalue weighted by Gasteiger charge is 2.23. The van der Waals surface area contributed by atoms with E-state index in [1.54, 1.807) is 7.11 Å². The third kappa shape index (κ3) is 4.40. The molecule has 3 rings (SSSR count). The van der Waals surface area contributed by atoms with Gasteiger partial charge in [-0.2, -0.15) is 0 Å². The van der Waals surface area contributed by atoms with Gasteiger partial charge in [0.25, 0.3) is 0 Å². The Morgan fingerprint density at radius 2 is 1.85 bits per heavy atom. The lowest BCUT2D eigenvalue weighted by Crippen LogP contribution is -2.24. The molecule has 0 unspecified atom stereocenters. The van der Waals surface area contributed by atoms with Gasteiger partial charge in [-0.15, -0.1) is 0 Å². The highest BCUT2D eigenvalue weighted by atomic mass is 16.5. The molecule has 1 heterocycles. The van der Waals surface area contributed by atoms with Gasteiger partial charge in [0.15, 0.2) is 0 Å². The van der Waals surface area contributed by atoms with Gasteiger partial charge in [0.1, 0.15) is 5.75 Å². The smallest absolute Gasteiger partial charge is 0.129 e. The van der Waals surface area contributed by atoms with Gasteiger partial charge in [-0.05, 0) is 41.3 Å². The normalized spacial score (nSPS) is 14.1. The van der Waals surface area contributed by atoms with E-state index in [1.165, 1.54) is 5.56 Å². The summed E-state index contributed by atoms with van der Waals surface area (Å²) in [6.45, 7) is 7.41. The van der Waals surface area contributed by atoms with Crippen LogP contribution in [0, 0.1) is 0 Å². The minimum Gasteiger partial charge on any atom is -0.496 e. The van der Waals surface area contributed by atoms with Crippen molar-refractivity contribution in [3.63, 3.8) is 0 Å². The average molecular weight is 361 g/mol. The third-order valence-corrected chi connectivity index (χ3v) is 4.54. The summed E-state index contributed by atoms with van der Waals surface area (Å²) in [5.41, 5.74) is 10.9. The van der Waals surface area contributed by atoms with E-state index < -0.39 is 0 Å². The predicted octanol–water partition coefficient (Wildman–Crippen LogP) is 5.11. The zero-order valence-electron chi connectivity index (χ0n) is 16.4. The molecule has 4 heteroatoms. The number of aliphatic imine (C=N–C) groups is 1. The summed E-state index contributed by atoms with van der Waals surface area (Å²) in [5, 5.41) is 0. The van der Waals surface area contributed by atoms with Crippen molar-refractivity contribution in [3.8, 4) is 5.75 Å². The van der Waals surface area contributed by atoms with E-state index in [0.29, 0.717) is 0 Å². The largest absolute Gasteiger partial charge is 0.496 e. The lowest BCUT2D eigenvalue weighted by atomic mass is 9.84. The first-order valence-electron chi connectivity index (χ1n) is 9.09. The lowest BCUT2D eigenvalue weighted by molar-refractivity contribution is 0.396. The number of rotatable bonds is 4. The summed E-state index contributed by atoms with van der Waals surface area (Å²) in [4.78, 5) is 6.39. The van der Waals surface area contributed by atoms with Gasteiger partial charge in [0, 0.05) is 35.2 Å². The summed E-state index contributed by atoms with van der Waals surface area (Å²) in [7, 11) is 1.73. The van der Waals surface area contributed by atoms with Crippen LogP contribution in [0.2, 0.25) is 0 Å². The summed E-state index contributed by atoms with van der Waals surface area (Å²) in [5.74, 6) is 0.905. The van der Waals surface area contributed by atoms with Crippen molar-refractivity contribution < 1.29 is 4.74 Å². The molecule has 0 radical (unpaired) electrons. The van der Waals surface area contributed by atoms with Crippen molar-refractivity contribution in [2.24, 2.45) is 4.99 Å². The Kier molecular flexibility index (Phi) is 5.36. The Labute approximate surface area is 161 Å². The summed E-state index contributed by atoms with van der Waals surface area (Å²) in [6.07, 6.45) is 9.91. The van der Waals surface area contributed by atoms with Gasteiger partial charge in [-0.1, -0.05) is 45.1 Å². The van der Waals surface area contributed by atoms with Gasteiger partial charge in [0.05, 0.1) is 13.4 Å². The van der Waals surface area contributed by atoms with Gasteiger partial charge in [0.2, 0.25) is 0 Å². The van der Waals surface area contributed by atoms with E-state index in [1.807, 2.05) is 42.9 Å². The van der Waals surface area contributed by atoms with E-state index in [4.69, 9.17) is 10.5 Å². The maximum atomic E-state index is 5.82. The second-order valence-corrected chi connectivity index (χ2v) is 7.67.